The van der Waals surface area contributed by atoms with Gasteiger partial charge in [0.15, 0.2) is 11.6 Å². The van der Waals surface area contributed by atoms with Crippen LogP contribution in [0.2, 0.25) is 0 Å². The van der Waals surface area contributed by atoms with E-state index in [-0.39, 0.29) is 5.75 Å². The lowest BCUT2D eigenvalue weighted by molar-refractivity contribution is 0.0584. The first-order valence-corrected chi connectivity index (χ1v) is 8.34. The van der Waals surface area contributed by atoms with Crippen LogP contribution >= 0.6 is 0 Å². The van der Waals surface area contributed by atoms with Crippen LogP contribution in [-0.4, -0.2) is 18.2 Å². The highest BCUT2D eigenvalue weighted by atomic mass is 19.1. The zero-order valence-corrected chi connectivity index (χ0v) is 14.7. The number of anilines is 1. The van der Waals surface area contributed by atoms with Gasteiger partial charge in [0.05, 0.1) is 5.69 Å². The minimum absolute atomic E-state index is 0.202. The number of hydrogen-bond donors (Lipinski definition) is 0. The third-order valence-corrected chi connectivity index (χ3v) is 3.91. The van der Waals surface area contributed by atoms with Crippen molar-refractivity contribution in [2.75, 3.05) is 11.4 Å². The lowest BCUT2D eigenvalue weighted by atomic mass is 10.1. The molecule has 2 aromatic carbocycles. The fraction of sp³-hybridized carbons (Fsp3) is 0.350. The maximum atomic E-state index is 14.7. The first-order valence-electron chi connectivity index (χ1n) is 8.34. The normalized spacial score (nSPS) is 13.5. The van der Waals surface area contributed by atoms with Gasteiger partial charge in [-0.2, -0.15) is 0 Å². The Morgan fingerprint density at radius 3 is 2.56 bits per heavy atom. The third-order valence-electron chi connectivity index (χ3n) is 3.91. The van der Waals surface area contributed by atoms with Crippen LogP contribution < -0.4 is 9.64 Å². The molecule has 0 bridgehead atoms. The van der Waals surface area contributed by atoms with E-state index in [9.17, 15) is 9.18 Å². The van der Waals surface area contributed by atoms with E-state index in [4.69, 9.17) is 9.47 Å². The number of benzene rings is 2. The SMILES string of the molecule is CC(C)(C)OC(=O)N1CCc2c1ccc(OCc1ccccc1)c2F. The van der Waals surface area contributed by atoms with Crippen molar-refractivity contribution in [3.63, 3.8) is 0 Å². The van der Waals surface area contributed by atoms with Crippen LogP contribution in [0.25, 0.3) is 0 Å². The molecule has 0 fully saturated rings. The van der Waals surface area contributed by atoms with E-state index in [2.05, 4.69) is 0 Å². The molecule has 4 nitrogen and oxygen atoms in total. The van der Waals surface area contributed by atoms with Gasteiger partial charge in [-0.05, 0) is 44.9 Å². The van der Waals surface area contributed by atoms with E-state index in [0.717, 1.165) is 5.56 Å². The first kappa shape index (κ1) is 17.3. The highest BCUT2D eigenvalue weighted by Crippen LogP contribution is 2.35. The first-order chi connectivity index (χ1) is 11.8. The molecule has 0 saturated carbocycles. The van der Waals surface area contributed by atoms with Crippen molar-refractivity contribution in [3.8, 4) is 5.75 Å². The molecular weight excluding hydrogens is 321 g/mol. The second-order valence-corrected chi connectivity index (χ2v) is 7.03. The van der Waals surface area contributed by atoms with Crippen LogP contribution in [0.3, 0.4) is 0 Å². The summed E-state index contributed by atoms with van der Waals surface area (Å²) in [4.78, 5) is 13.8. The highest BCUT2D eigenvalue weighted by molar-refractivity contribution is 5.90. The predicted molar refractivity (Wildman–Crippen MR) is 94.5 cm³/mol. The minimum atomic E-state index is -0.586. The summed E-state index contributed by atoms with van der Waals surface area (Å²) in [5.74, 6) is -0.201. The topological polar surface area (TPSA) is 38.8 Å². The Bertz CT molecular complexity index is 769. The Balaban J connectivity index is 1.76. The summed E-state index contributed by atoms with van der Waals surface area (Å²) < 4.78 is 25.7. The van der Waals surface area contributed by atoms with Gasteiger partial charge in [-0.25, -0.2) is 9.18 Å². The summed E-state index contributed by atoms with van der Waals surface area (Å²) >= 11 is 0. The Morgan fingerprint density at radius 2 is 1.88 bits per heavy atom. The van der Waals surface area contributed by atoms with E-state index in [1.807, 2.05) is 51.1 Å². The lowest BCUT2D eigenvalue weighted by Gasteiger charge is -2.24. The number of hydrogen-bond acceptors (Lipinski definition) is 3. The molecule has 1 heterocycles. The molecule has 0 radical (unpaired) electrons. The number of carbonyl (C=O) groups is 1. The molecule has 0 atom stereocenters. The molecule has 1 amide bonds. The highest BCUT2D eigenvalue weighted by Gasteiger charge is 2.31. The summed E-state index contributed by atoms with van der Waals surface area (Å²) in [6, 6.07) is 12.9. The van der Waals surface area contributed by atoms with Gasteiger partial charge in [0.2, 0.25) is 0 Å². The number of rotatable bonds is 3. The van der Waals surface area contributed by atoms with Crippen LogP contribution in [0.15, 0.2) is 42.5 Å². The lowest BCUT2D eigenvalue weighted by Crippen LogP contribution is -2.35. The van der Waals surface area contributed by atoms with Crippen LogP contribution in [0.5, 0.6) is 5.75 Å². The molecule has 5 heteroatoms. The van der Waals surface area contributed by atoms with Gasteiger partial charge in [0, 0.05) is 12.1 Å². The Hall–Kier alpha value is -2.56. The number of carbonyl (C=O) groups excluding carboxylic acids is 1. The second kappa shape index (κ2) is 6.75. The van der Waals surface area contributed by atoms with Gasteiger partial charge in [0.1, 0.15) is 12.2 Å². The van der Waals surface area contributed by atoms with Crippen molar-refractivity contribution in [2.45, 2.75) is 39.4 Å². The van der Waals surface area contributed by atoms with Crippen molar-refractivity contribution in [2.24, 2.45) is 0 Å². The van der Waals surface area contributed by atoms with Gasteiger partial charge in [-0.1, -0.05) is 30.3 Å². The Labute approximate surface area is 147 Å². The molecule has 0 aromatic heterocycles. The molecule has 2 aromatic rings. The predicted octanol–water partition coefficient (Wildman–Crippen LogP) is 4.70. The monoisotopic (exact) mass is 343 g/mol. The molecule has 0 saturated heterocycles. The van der Waals surface area contributed by atoms with Crippen molar-refractivity contribution in [3.05, 3.63) is 59.4 Å². The van der Waals surface area contributed by atoms with Crippen molar-refractivity contribution in [1.82, 2.24) is 0 Å². The average Bonchev–Trinajstić information content (AvgIpc) is 2.99. The van der Waals surface area contributed by atoms with Crippen LogP contribution in [0, 0.1) is 5.82 Å². The number of halogens is 1. The molecule has 0 aliphatic carbocycles. The summed E-state index contributed by atoms with van der Waals surface area (Å²) in [5.41, 5.74) is 1.44. The molecule has 1 aliphatic heterocycles. The summed E-state index contributed by atoms with van der Waals surface area (Å²) in [7, 11) is 0. The van der Waals surface area contributed by atoms with E-state index >= 15 is 0 Å². The molecule has 3 rings (SSSR count). The second-order valence-electron chi connectivity index (χ2n) is 7.03. The van der Waals surface area contributed by atoms with Crippen molar-refractivity contribution < 1.29 is 18.7 Å². The summed E-state index contributed by atoms with van der Waals surface area (Å²) in [6.07, 6.45) is -0.00763. The van der Waals surface area contributed by atoms with Gasteiger partial charge in [-0.3, -0.25) is 4.90 Å². The quantitative estimate of drug-likeness (QED) is 0.811. The third kappa shape index (κ3) is 3.92. The van der Waals surface area contributed by atoms with Crippen LogP contribution in [-0.2, 0) is 17.8 Å². The van der Waals surface area contributed by atoms with Crippen LogP contribution in [0.4, 0.5) is 14.9 Å². The number of nitrogens with zero attached hydrogens (tertiary/aromatic N) is 1. The number of amides is 1. The van der Waals surface area contributed by atoms with Crippen molar-refractivity contribution >= 4 is 11.8 Å². The van der Waals surface area contributed by atoms with Crippen LogP contribution in [0.1, 0.15) is 31.9 Å². The smallest absolute Gasteiger partial charge is 0.414 e. The minimum Gasteiger partial charge on any atom is -0.486 e. The van der Waals surface area contributed by atoms with Gasteiger partial charge < -0.3 is 9.47 Å². The van der Waals surface area contributed by atoms with E-state index < -0.39 is 17.5 Å². The molecular formula is C20H22FNO3. The summed E-state index contributed by atoms with van der Waals surface area (Å²) in [5, 5.41) is 0. The number of fused-ring (bicyclic) bond motifs is 1. The largest absolute Gasteiger partial charge is 0.486 e. The van der Waals surface area contributed by atoms with Gasteiger partial charge >= 0.3 is 6.09 Å². The van der Waals surface area contributed by atoms with Crippen molar-refractivity contribution in [1.29, 1.82) is 0 Å². The molecule has 0 N–H and O–H groups in total. The van der Waals surface area contributed by atoms with E-state index in [1.54, 1.807) is 12.1 Å². The molecule has 0 unspecified atom stereocenters. The maximum absolute atomic E-state index is 14.7. The fourth-order valence-corrected chi connectivity index (χ4v) is 2.78. The molecule has 25 heavy (non-hydrogen) atoms. The number of ether oxygens (including phenoxy) is 2. The zero-order chi connectivity index (χ0) is 18.0. The zero-order valence-electron chi connectivity index (χ0n) is 14.7. The Morgan fingerprint density at radius 1 is 1.16 bits per heavy atom. The molecule has 132 valence electrons. The average molecular weight is 343 g/mol. The Kier molecular flexibility index (Phi) is 4.66. The van der Waals surface area contributed by atoms with Gasteiger partial charge in [0.25, 0.3) is 0 Å². The molecule has 0 spiro atoms. The fourth-order valence-electron chi connectivity index (χ4n) is 2.78. The van der Waals surface area contributed by atoms with E-state index in [1.165, 1.54) is 4.90 Å². The van der Waals surface area contributed by atoms with Gasteiger partial charge in [-0.15, -0.1) is 0 Å². The maximum Gasteiger partial charge on any atom is 0.414 e. The van der Waals surface area contributed by atoms with E-state index in [0.29, 0.717) is 30.8 Å². The summed E-state index contributed by atoms with van der Waals surface area (Å²) in [6.45, 7) is 6.13. The standard InChI is InChI=1S/C20H22FNO3/c1-20(2,3)25-19(23)22-12-11-15-16(22)9-10-17(18(15)21)24-13-14-7-5-4-6-8-14/h4-10H,11-13H2,1-3H3. The molecule has 1 aliphatic rings.